The Morgan fingerprint density at radius 3 is 2.95 bits per heavy atom. The van der Waals surface area contributed by atoms with Crippen molar-refractivity contribution >= 4 is 27.6 Å². The largest absolute Gasteiger partial charge is 0.369 e. The van der Waals surface area contributed by atoms with Crippen LogP contribution in [-0.4, -0.2) is 18.0 Å². The molecule has 1 aromatic rings. The lowest BCUT2D eigenvalue weighted by Gasteiger charge is -2.44. The maximum absolute atomic E-state index is 6.19. The predicted octanol–water partition coefficient (Wildman–Crippen LogP) is 3.53. The summed E-state index contributed by atoms with van der Waals surface area (Å²) in [7, 11) is 0. The highest BCUT2D eigenvalue weighted by atomic mass is 79.9. The first-order valence-corrected chi connectivity index (χ1v) is 7.76. The number of rotatable bonds is 1. The molecule has 1 aliphatic carbocycles. The van der Waals surface area contributed by atoms with Crippen LogP contribution in [0.2, 0.25) is 0 Å². The monoisotopic (exact) mass is 321 g/mol. The zero-order chi connectivity index (χ0) is 13.5. The van der Waals surface area contributed by atoms with E-state index < -0.39 is 0 Å². The molecule has 4 heteroatoms. The maximum atomic E-state index is 6.19. The highest BCUT2D eigenvalue weighted by Gasteiger charge is 2.45. The molecule has 1 fully saturated rings. The Morgan fingerprint density at radius 1 is 1.42 bits per heavy atom. The van der Waals surface area contributed by atoms with Crippen LogP contribution in [0.15, 0.2) is 33.7 Å². The molecule has 2 N–H and O–H groups in total. The Kier molecular flexibility index (Phi) is 3.29. The van der Waals surface area contributed by atoms with E-state index in [1.807, 2.05) is 6.07 Å². The minimum atomic E-state index is 0.103. The van der Waals surface area contributed by atoms with Crippen LogP contribution < -0.4 is 10.6 Å². The lowest BCUT2D eigenvalue weighted by Crippen LogP contribution is -2.54. The van der Waals surface area contributed by atoms with Crippen molar-refractivity contribution in [2.45, 2.75) is 38.1 Å². The number of nitrogens with two attached hydrogens (primary N) is 1. The van der Waals surface area contributed by atoms with E-state index >= 15 is 0 Å². The summed E-state index contributed by atoms with van der Waals surface area (Å²) in [4.78, 5) is 6.82. The Hall–Kier alpha value is -1.03. The van der Waals surface area contributed by atoms with E-state index in [0.717, 1.165) is 22.6 Å². The lowest BCUT2D eigenvalue weighted by molar-refractivity contribution is 0.253. The van der Waals surface area contributed by atoms with Gasteiger partial charge in [0.1, 0.15) is 0 Å². The average molecular weight is 322 g/mol. The van der Waals surface area contributed by atoms with E-state index in [1.54, 1.807) is 0 Å². The first-order chi connectivity index (χ1) is 9.12. The van der Waals surface area contributed by atoms with Crippen LogP contribution in [0.1, 0.15) is 32.6 Å². The van der Waals surface area contributed by atoms with Gasteiger partial charge in [-0.05, 0) is 46.8 Å². The fourth-order valence-corrected chi connectivity index (χ4v) is 4.07. The number of aliphatic imine (C=N–C) groups is 1. The Bertz CT molecular complexity index is 514. The molecule has 0 amide bonds. The van der Waals surface area contributed by atoms with E-state index in [1.165, 1.54) is 25.7 Å². The van der Waals surface area contributed by atoms with Crippen molar-refractivity contribution < 1.29 is 0 Å². The van der Waals surface area contributed by atoms with E-state index in [-0.39, 0.29) is 5.54 Å². The summed E-state index contributed by atoms with van der Waals surface area (Å²) in [5.74, 6) is 1.42. The van der Waals surface area contributed by atoms with Gasteiger partial charge in [-0.2, -0.15) is 0 Å². The summed E-state index contributed by atoms with van der Waals surface area (Å²) in [5, 5.41) is 0. The van der Waals surface area contributed by atoms with Crippen LogP contribution in [0.25, 0.3) is 0 Å². The fourth-order valence-electron chi connectivity index (χ4n) is 3.60. The van der Waals surface area contributed by atoms with E-state index in [0.29, 0.717) is 5.96 Å². The third kappa shape index (κ3) is 2.16. The van der Waals surface area contributed by atoms with Crippen molar-refractivity contribution in [3.05, 3.63) is 28.7 Å². The summed E-state index contributed by atoms with van der Waals surface area (Å²) in [6.45, 7) is 3.18. The van der Waals surface area contributed by atoms with Gasteiger partial charge in [0.15, 0.2) is 5.96 Å². The molecule has 3 nitrogen and oxygen atoms in total. The predicted molar refractivity (Wildman–Crippen MR) is 83.5 cm³/mol. The zero-order valence-corrected chi connectivity index (χ0v) is 12.9. The smallest absolute Gasteiger partial charge is 0.196 e. The molecule has 0 saturated heterocycles. The van der Waals surface area contributed by atoms with Crippen molar-refractivity contribution in [1.29, 1.82) is 0 Å². The van der Waals surface area contributed by atoms with E-state index in [4.69, 9.17) is 5.73 Å². The molecular formula is C15H20BrN3. The number of guanidine groups is 1. The molecular weight excluding hydrogens is 302 g/mol. The van der Waals surface area contributed by atoms with Gasteiger partial charge < -0.3 is 10.6 Å². The number of nitrogens with zero attached hydrogens (tertiary/aromatic N) is 2. The number of hydrogen-bond acceptors (Lipinski definition) is 3. The van der Waals surface area contributed by atoms with Gasteiger partial charge in [0.25, 0.3) is 0 Å². The lowest BCUT2D eigenvalue weighted by atomic mass is 9.75. The highest BCUT2D eigenvalue weighted by molar-refractivity contribution is 9.10. The molecule has 0 bridgehead atoms. The summed E-state index contributed by atoms with van der Waals surface area (Å²) < 4.78 is 1.09. The number of halogens is 1. The molecule has 3 rings (SSSR count). The molecule has 2 atom stereocenters. The molecule has 1 heterocycles. The maximum Gasteiger partial charge on any atom is 0.196 e. The Labute approximate surface area is 123 Å². The standard InChI is InChI=1S/C15H20BrN3/c1-11-5-4-8-15(9-11)10-18-14(17)19(15)13-7-3-2-6-12(13)16/h2-3,6-7,11H,4-5,8-10H2,1H3,(H2,17,18). The second kappa shape index (κ2) is 4.82. The highest BCUT2D eigenvalue weighted by Crippen LogP contribution is 2.43. The SMILES string of the molecule is CC1CCCC2(CN=C(N)N2c2ccccc2Br)C1. The molecule has 1 spiro atoms. The third-order valence-corrected chi connectivity index (χ3v) is 5.07. The van der Waals surface area contributed by atoms with Crippen molar-refractivity contribution in [1.82, 2.24) is 0 Å². The summed E-state index contributed by atoms with van der Waals surface area (Å²) in [5.41, 5.74) is 7.44. The van der Waals surface area contributed by atoms with Crippen LogP contribution in [0.3, 0.4) is 0 Å². The fraction of sp³-hybridized carbons (Fsp3) is 0.533. The summed E-state index contributed by atoms with van der Waals surface area (Å²) >= 11 is 3.65. The van der Waals surface area contributed by atoms with Crippen LogP contribution in [-0.2, 0) is 0 Å². The van der Waals surface area contributed by atoms with Crippen molar-refractivity contribution in [2.24, 2.45) is 16.6 Å². The number of benzene rings is 1. The van der Waals surface area contributed by atoms with Crippen molar-refractivity contribution in [3.63, 3.8) is 0 Å². The molecule has 1 aromatic carbocycles. The van der Waals surface area contributed by atoms with Gasteiger partial charge in [-0.25, -0.2) is 0 Å². The molecule has 1 saturated carbocycles. The molecule has 102 valence electrons. The van der Waals surface area contributed by atoms with Gasteiger partial charge in [0.2, 0.25) is 0 Å². The number of anilines is 1. The molecule has 19 heavy (non-hydrogen) atoms. The quantitative estimate of drug-likeness (QED) is 0.859. The molecule has 2 aliphatic rings. The number of hydrogen-bond donors (Lipinski definition) is 1. The first kappa shape index (κ1) is 13.0. The zero-order valence-electron chi connectivity index (χ0n) is 11.3. The molecule has 2 unspecified atom stereocenters. The van der Waals surface area contributed by atoms with Gasteiger partial charge in [-0.15, -0.1) is 0 Å². The van der Waals surface area contributed by atoms with Crippen LogP contribution in [0, 0.1) is 5.92 Å². The van der Waals surface area contributed by atoms with Gasteiger partial charge in [-0.3, -0.25) is 4.99 Å². The van der Waals surface area contributed by atoms with Gasteiger partial charge in [0, 0.05) is 4.47 Å². The Morgan fingerprint density at radius 2 is 2.21 bits per heavy atom. The van der Waals surface area contributed by atoms with Crippen LogP contribution in [0.5, 0.6) is 0 Å². The van der Waals surface area contributed by atoms with Crippen molar-refractivity contribution in [3.8, 4) is 0 Å². The minimum absolute atomic E-state index is 0.103. The minimum Gasteiger partial charge on any atom is -0.369 e. The molecule has 0 radical (unpaired) electrons. The Balaban J connectivity index is 2.01. The van der Waals surface area contributed by atoms with Crippen LogP contribution >= 0.6 is 15.9 Å². The molecule has 0 aromatic heterocycles. The van der Waals surface area contributed by atoms with Crippen molar-refractivity contribution in [2.75, 3.05) is 11.4 Å². The van der Waals surface area contributed by atoms with E-state index in [2.05, 4.69) is 50.9 Å². The summed E-state index contributed by atoms with van der Waals surface area (Å²) in [6, 6.07) is 8.29. The molecule has 1 aliphatic heterocycles. The second-order valence-electron chi connectivity index (χ2n) is 5.89. The third-order valence-electron chi connectivity index (χ3n) is 4.40. The normalized spacial score (nSPS) is 30.7. The van der Waals surface area contributed by atoms with Crippen LogP contribution in [0.4, 0.5) is 5.69 Å². The van der Waals surface area contributed by atoms with E-state index in [9.17, 15) is 0 Å². The van der Waals surface area contributed by atoms with Gasteiger partial charge in [-0.1, -0.05) is 31.9 Å². The first-order valence-electron chi connectivity index (χ1n) is 6.97. The summed E-state index contributed by atoms with van der Waals surface area (Å²) in [6.07, 6.45) is 4.96. The number of para-hydroxylation sites is 1. The van der Waals surface area contributed by atoms with Gasteiger partial charge >= 0.3 is 0 Å². The average Bonchev–Trinajstić information content (AvgIpc) is 2.67. The second-order valence-corrected chi connectivity index (χ2v) is 6.74. The van der Waals surface area contributed by atoms with Gasteiger partial charge in [0.05, 0.1) is 17.8 Å². The topological polar surface area (TPSA) is 41.6 Å².